The minimum atomic E-state index is -5.11. The number of aromatic nitrogens is 3. The van der Waals surface area contributed by atoms with Gasteiger partial charge in [0.2, 0.25) is 0 Å². The topological polar surface area (TPSA) is 80.8 Å². The van der Waals surface area contributed by atoms with Gasteiger partial charge in [0.05, 0.1) is 0 Å². The lowest BCUT2D eigenvalue weighted by Gasteiger charge is -2.06. The first kappa shape index (κ1) is 11.8. The Kier molecular flexibility index (Phi) is 2.63. The van der Waals surface area contributed by atoms with Crippen molar-refractivity contribution in [1.29, 1.82) is 5.26 Å². The lowest BCUT2D eigenvalue weighted by Crippen LogP contribution is -2.32. The Hall–Kier alpha value is -2.63. The second-order valence-corrected chi connectivity index (χ2v) is 3.09. The highest BCUT2D eigenvalue weighted by molar-refractivity contribution is 5.81. The van der Waals surface area contributed by atoms with Gasteiger partial charge in [0.1, 0.15) is 23.4 Å². The largest absolute Gasteiger partial charge is 0.493 e. The second kappa shape index (κ2) is 3.99. The Morgan fingerprint density at radius 2 is 2.17 bits per heavy atom. The number of imidazole rings is 1. The molecule has 0 aliphatic rings. The Balaban J connectivity index is 2.43. The van der Waals surface area contributed by atoms with Crippen LogP contribution in [-0.4, -0.2) is 26.8 Å². The van der Waals surface area contributed by atoms with Gasteiger partial charge in [0.15, 0.2) is 5.69 Å². The Morgan fingerprint density at radius 1 is 1.44 bits per heavy atom. The van der Waals surface area contributed by atoms with Crippen molar-refractivity contribution < 1.29 is 22.8 Å². The van der Waals surface area contributed by atoms with Gasteiger partial charge in [0.25, 0.3) is 0 Å². The molecule has 18 heavy (non-hydrogen) atoms. The molecule has 2 heterocycles. The van der Waals surface area contributed by atoms with Crippen molar-refractivity contribution >= 4 is 17.0 Å². The zero-order valence-electron chi connectivity index (χ0n) is 8.47. The summed E-state index contributed by atoms with van der Waals surface area (Å²) in [4.78, 5) is 22.1. The second-order valence-electron chi connectivity index (χ2n) is 3.09. The highest BCUT2D eigenvalue weighted by Crippen LogP contribution is 2.17. The molecule has 6 nitrogen and oxygen atoms in total. The van der Waals surface area contributed by atoms with Crippen molar-refractivity contribution in [3.63, 3.8) is 0 Å². The maximum absolute atomic E-state index is 12.0. The number of fused-ring (bicyclic) bond motifs is 1. The molecule has 9 heteroatoms. The van der Waals surface area contributed by atoms with E-state index in [0.717, 1.165) is 6.33 Å². The van der Waals surface area contributed by atoms with Crippen LogP contribution in [0.15, 0.2) is 18.6 Å². The molecule has 0 amide bonds. The summed E-state index contributed by atoms with van der Waals surface area (Å²) in [5.74, 6) is -2.38. The van der Waals surface area contributed by atoms with Gasteiger partial charge >= 0.3 is 12.1 Å². The zero-order chi connectivity index (χ0) is 13.3. The Morgan fingerprint density at radius 3 is 2.78 bits per heavy atom. The van der Waals surface area contributed by atoms with Gasteiger partial charge in [-0.15, -0.1) is 0 Å². The van der Waals surface area contributed by atoms with Crippen molar-refractivity contribution in [1.82, 2.24) is 14.7 Å². The molecule has 0 fully saturated rings. The molecule has 0 aliphatic carbocycles. The third-order valence-corrected chi connectivity index (χ3v) is 1.95. The van der Waals surface area contributed by atoms with Gasteiger partial charge in [-0.25, -0.2) is 14.8 Å². The number of hydrogen-bond acceptors (Lipinski definition) is 5. The molecular formula is C9H3F3N4O2. The average Bonchev–Trinajstić information content (AvgIpc) is 2.71. The van der Waals surface area contributed by atoms with E-state index in [2.05, 4.69) is 14.8 Å². The van der Waals surface area contributed by atoms with E-state index in [4.69, 9.17) is 5.26 Å². The number of pyridine rings is 1. The molecule has 92 valence electrons. The standard InChI is InChI=1S/C9H3F3N4O2/c10-9(11,12)8(17)18-16-4-15-7-5(3-13)14-2-1-6(7)16/h1-2,4H. The molecule has 2 aromatic rings. The predicted octanol–water partition coefficient (Wildman–Crippen LogP) is 0.820. The summed E-state index contributed by atoms with van der Waals surface area (Å²) in [6.07, 6.45) is -3.06. The number of halogens is 3. The summed E-state index contributed by atoms with van der Waals surface area (Å²) >= 11 is 0. The van der Waals surface area contributed by atoms with E-state index >= 15 is 0 Å². The van der Waals surface area contributed by atoms with Crippen LogP contribution >= 0.6 is 0 Å². The number of hydrogen-bond donors (Lipinski definition) is 0. The van der Waals surface area contributed by atoms with Crippen LogP contribution in [0, 0.1) is 11.3 Å². The zero-order valence-corrected chi connectivity index (χ0v) is 8.47. The van der Waals surface area contributed by atoms with Crippen LogP contribution in [-0.2, 0) is 4.79 Å². The van der Waals surface area contributed by atoms with Crippen LogP contribution in [0.25, 0.3) is 11.0 Å². The maximum atomic E-state index is 12.0. The van der Waals surface area contributed by atoms with Gasteiger partial charge in [-0.1, -0.05) is 0 Å². The van der Waals surface area contributed by atoms with E-state index in [0.29, 0.717) is 4.73 Å². The van der Waals surface area contributed by atoms with Gasteiger partial charge in [-0.05, 0) is 6.07 Å². The van der Waals surface area contributed by atoms with E-state index in [9.17, 15) is 18.0 Å². The number of carbonyl (C=O) groups excluding carboxylic acids is 1. The van der Waals surface area contributed by atoms with Crippen LogP contribution in [0.1, 0.15) is 5.69 Å². The minimum Gasteiger partial charge on any atom is -0.326 e. The summed E-state index contributed by atoms with van der Waals surface area (Å²) in [6.45, 7) is 0. The molecular weight excluding hydrogens is 253 g/mol. The first-order valence-corrected chi connectivity index (χ1v) is 4.45. The van der Waals surface area contributed by atoms with E-state index in [1.165, 1.54) is 12.3 Å². The normalized spacial score (nSPS) is 11.2. The third kappa shape index (κ3) is 1.95. The molecule has 0 aromatic carbocycles. The minimum absolute atomic E-state index is 0.0409. The summed E-state index contributed by atoms with van der Waals surface area (Å²) < 4.78 is 36.6. The molecule has 0 spiro atoms. The van der Waals surface area contributed by atoms with Crippen molar-refractivity contribution in [2.45, 2.75) is 6.18 Å². The molecule has 0 unspecified atom stereocenters. The molecule has 0 bridgehead atoms. The molecule has 2 rings (SSSR count). The first-order valence-electron chi connectivity index (χ1n) is 4.45. The SMILES string of the molecule is N#Cc1nccc2c1ncn2OC(=O)C(F)(F)F. The highest BCUT2D eigenvalue weighted by Gasteiger charge is 2.42. The van der Waals surface area contributed by atoms with Gasteiger partial charge in [-0.3, -0.25) is 0 Å². The lowest BCUT2D eigenvalue weighted by atomic mass is 10.3. The van der Waals surface area contributed by atoms with Crippen LogP contribution in [0.5, 0.6) is 0 Å². The molecule has 0 saturated carbocycles. The maximum Gasteiger partial charge on any atom is 0.493 e. The number of carbonyl (C=O) groups is 1. The molecule has 0 atom stereocenters. The number of nitriles is 1. The summed E-state index contributed by atoms with van der Waals surface area (Å²) in [7, 11) is 0. The predicted molar refractivity (Wildman–Crippen MR) is 49.9 cm³/mol. The van der Waals surface area contributed by atoms with E-state index < -0.39 is 12.1 Å². The number of rotatable bonds is 1. The fraction of sp³-hybridized carbons (Fsp3) is 0.111. The summed E-state index contributed by atoms with van der Waals surface area (Å²) in [6, 6.07) is 2.99. The molecule has 0 aliphatic heterocycles. The fourth-order valence-electron chi connectivity index (χ4n) is 1.22. The average molecular weight is 256 g/mol. The highest BCUT2D eigenvalue weighted by atomic mass is 19.4. The van der Waals surface area contributed by atoms with Crippen LogP contribution in [0.2, 0.25) is 0 Å². The van der Waals surface area contributed by atoms with Gasteiger partial charge in [-0.2, -0.15) is 23.2 Å². The van der Waals surface area contributed by atoms with Crippen molar-refractivity contribution in [2.75, 3.05) is 0 Å². The van der Waals surface area contributed by atoms with Gasteiger partial charge in [0, 0.05) is 6.20 Å². The quantitative estimate of drug-likeness (QED) is 0.754. The fourth-order valence-corrected chi connectivity index (χ4v) is 1.22. The first-order chi connectivity index (χ1) is 8.43. The third-order valence-electron chi connectivity index (χ3n) is 1.95. The van der Waals surface area contributed by atoms with Crippen LogP contribution in [0.3, 0.4) is 0 Å². The Labute approximate surface area is 97.2 Å². The number of nitrogens with zero attached hydrogens (tertiary/aromatic N) is 4. The van der Waals surface area contributed by atoms with E-state index in [1.54, 1.807) is 6.07 Å². The van der Waals surface area contributed by atoms with Crippen LogP contribution in [0.4, 0.5) is 13.2 Å². The summed E-state index contributed by atoms with van der Waals surface area (Å²) in [5, 5.41) is 8.71. The van der Waals surface area contributed by atoms with Gasteiger partial charge < -0.3 is 4.84 Å². The smallest absolute Gasteiger partial charge is 0.326 e. The van der Waals surface area contributed by atoms with Crippen molar-refractivity contribution in [3.05, 3.63) is 24.3 Å². The van der Waals surface area contributed by atoms with Crippen molar-refractivity contribution in [3.8, 4) is 6.07 Å². The lowest BCUT2D eigenvalue weighted by molar-refractivity contribution is -0.199. The summed E-state index contributed by atoms with van der Waals surface area (Å²) in [5.41, 5.74) is 0.0171. The number of alkyl halides is 3. The van der Waals surface area contributed by atoms with Crippen molar-refractivity contribution in [2.24, 2.45) is 0 Å². The Bertz CT molecular complexity index is 656. The molecule has 2 aromatic heterocycles. The van der Waals surface area contributed by atoms with E-state index in [1.807, 2.05) is 0 Å². The van der Waals surface area contributed by atoms with Crippen LogP contribution < -0.4 is 4.84 Å². The monoisotopic (exact) mass is 256 g/mol. The molecule has 0 N–H and O–H groups in total. The molecule has 0 saturated heterocycles. The van der Waals surface area contributed by atoms with E-state index in [-0.39, 0.29) is 16.7 Å². The molecule has 0 radical (unpaired) electrons.